The fourth-order valence-electron chi connectivity index (χ4n) is 2.18. The first kappa shape index (κ1) is 17.1. The molecular formula is C15H17BrF3NO2. The van der Waals surface area contributed by atoms with E-state index in [0.717, 1.165) is 6.07 Å². The number of hydrogen-bond donors (Lipinski definition) is 0. The number of amides is 1. The number of hydrogen-bond acceptors (Lipinski definition) is 2. The highest BCUT2D eigenvalue weighted by molar-refractivity contribution is 9.10. The van der Waals surface area contributed by atoms with Crippen LogP contribution >= 0.6 is 15.9 Å². The topological polar surface area (TPSA) is 29.5 Å². The molecule has 0 N–H and O–H groups in total. The summed E-state index contributed by atoms with van der Waals surface area (Å²) in [6, 6.07) is 4.19. The van der Waals surface area contributed by atoms with Crippen molar-refractivity contribution >= 4 is 22.0 Å². The lowest BCUT2D eigenvalue weighted by atomic mass is 9.90. The molecule has 1 aromatic carbocycles. The fourth-order valence-corrected chi connectivity index (χ4v) is 2.65. The van der Waals surface area contributed by atoms with Gasteiger partial charge in [0, 0.05) is 23.5 Å². The second-order valence-electron chi connectivity index (χ2n) is 6.32. The molecule has 0 aliphatic carbocycles. The first-order valence-corrected chi connectivity index (χ1v) is 7.61. The van der Waals surface area contributed by atoms with Crippen molar-refractivity contribution < 1.29 is 22.7 Å². The Morgan fingerprint density at radius 3 is 2.36 bits per heavy atom. The summed E-state index contributed by atoms with van der Waals surface area (Å²) >= 11 is 2.92. The maximum atomic E-state index is 12.9. The summed E-state index contributed by atoms with van der Waals surface area (Å²) in [5.74, 6) is -0.0956. The van der Waals surface area contributed by atoms with Gasteiger partial charge in [-0.2, -0.15) is 13.2 Å². The number of benzene rings is 1. The van der Waals surface area contributed by atoms with E-state index in [-0.39, 0.29) is 10.4 Å². The molecule has 0 aromatic heterocycles. The molecule has 1 saturated heterocycles. The molecule has 0 radical (unpaired) electrons. The van der Waals surface area contributed by atoms with Gasteiger partial charge in [-0.3, -0.25) is 0 Å². The maximum Gasteiger partial charge on any atom is 0.417 e. The third-order valence-electron chi connectivity index (χ3n) is 3.30. The fraction of sp³-hybridized carbons (Fsp3) is 0.533. The van der Waals surface area contributed by atoms with Gasteiger partial charge in [-0.05, 0) is 38.5 Å². The minimum atomic E-state index is -4.40. The largest absolute Gasteiger partial charge is 0.444 e. The molecule has 0 bridgehead atoms. The summed E-state index contributed by atoms with van der Waals surface area (Å²) in [5, 5.41) is 0. The zero-order chi connectivity index (χ0) is 16.7. The maximum absolute atomic E-state index is 12.9. The molecule has 0 unspecified atom stereocenters. The third-order valence-corrected chi connectivity index (χ3v) is 3.99. The second kappa shape index (κ2) is 5.76. The van der Waals surface area contributed by atoms with E-state index in [0.29, 0.717) is 18.7 Å². The average molecular weight is 380 g/mol. The van der Waals surface area contributed by atoms with Gasteiger partial charge in [-0.15, -0.1) is 0 Å². The van der Waals surface area contributed by atoms with E-state index in [9.17, 15) is 18.0 Å². The predicted molar refractivity (Wildman–Crippen MR) is 79.7 cm³/mol. The van der Waals surface area contributed by atoms with E-state index >= 15 is 0 Å². The Labute approximate surface area is 135 Å². The molecule has 0 atom stereocenters. The van der Waals surface area contributed by atoms with E-state index in [1.807, 2.05) is 0 Å². The van der Waals surface area contributed by atoms with Crippen LogP contribution in [-0.2, 0) is 10.9 Å². The lowest BCUT2D eigenvalue weighted by Gasteiger charge is -2.40. The van der Waals surface area contributed by atoms with Crippen LogP contribution in [0.1, 0.15) is 37.8 Å². The zero-order valence-electron chi connectivity index (χ0n) is 12.5. The number of carbonyl (C=O) groups excluding carboxylic acids is 1. The van der Waals surface area contributed by atoms with Crippen LogP contribution in [0, 0.1) is 0 Å². The monoisotopic (exact) mass is 379 g/mol. The van der Waals surface area contributed by atoms with E-state index in [1.54, 1.807) is 26.8 Å². The van der Waals surface area contributed by atoms with Crippen molar-refractivity contribution in [2.24, 2.45) is 0 Å². The molecule has 3 nitrogen and oxygen atoms in total. The standard InChI is InChI=1S/C15H17BrF3NO2/c1-14(2,3)22-13(21)20-7-10(8-20)9-4-5-12(16)11(6-9)15(17,18)19/h4-6,10H,7-8H2,1-3H3. The minimum Gasteiger partial charge on any atom is -0.444 e. The molecule has 7 heteroatoms. The molecule has 1 fully saturated rings. The Bertz CT molecular complexity index is 575. The van der Waals surface area contributed by atoms with E-state index in [2.05, 4.69) is 15.9 Å². The van der Waals surface area contributed by atoms with Crippen LogP contribution in [0.3, 0.4) is 0 Å². The van der Waals surface area contributed by atoms with Gasteiger partial charge in [0.25, 0.3) is 0 Å². The Kier molecular flexibility index (Phi) is 4.48. The molecule has 1 heterocycles. The highest BCUT2D eigenvalue weighted by Crippen LogP contribution is 2.38. The predicted octanol–water partition coefficient (Wildman–Crippen LogP) is 4.80. The summed E-state index contributed by atoms with van der Waals surface area (Å²) in [6.07, 6.45) is -4.83. The van der Waals surface area contributed by atoms with E-state index in [4.69, 9.17) is 4.74 Å². The first-order valence-electron chi connectivity index (χ1n) is 6.82. The molecule has 0 spiro atoms. The molecule has 122 valence electrons. The number of carbonyl (C=O) groups is 1. The van der Waals surface area contributed by atoms with Crippen LogP contribution in [-0.4, -0.2) is 29.7 Å². The summed E-state index contributed by atoms with van der Waals surface area (Å²) < 4.78 is 43.9. The first-order chi connectivity index (χ1) is 9.97. The Hall–Kier alpha value is -1.24. The van der Waals surface area contributed by atoms with Crippen molar-refractivity contribution in [2.75, 3.05) is 13.1 Å². The molecule has 22 heavy (non-hydrogen) atoms. The van der Waals surface area contributed by atoms with Crippen molar-refractivity contribution in [1.29, 1.82) is 0 Å². The van der Waals surface area contributed by atoms with Gasteiger partial charge in [-0.1, -0.05) is 22.0 Å². The van der Waals surface area contributed by atoms with Crippen LogP contribution in [0.25, 0.3) is 0 Å². The Morgan fingerprint density at radius 1 is 1.27 bits per heavy atom. The van der Waals surface area contributed by atoms with Gasteiger partial charge in [0.1, 0.15) is 5.60 Å². The smallest absolute Gasteiger partial charge is 0.417 e. The molecule has 1 amide bonds. The Balaban J connectivity index is 2.04. The summed E-state index contributed by atoms with van der Waals surface area (Å²) in [7, 11) is 0. The van der Waals surface area contributed by atoms with Crippen molar-refractivity contribution in [2.45, 2.75) is 38.5 Å². The van der Waals surface area contributed by atoms with Crippen molar-refractivity contribution in [3.8, 4) is 0 Å². The minimum absolute atomic E-state index is 0.0204. The lowest BCUT2D eigenvalue weighted by molar-refractivity contribution is -0.138. The van der Waals surface area contributed by atoms with Gasteiger partial charge in [0.2, 0.25) is 0 Å². The summed E-state index contributed by atoms with van der Waals surface area (Å²) in [4.78, 5) is 13.3. The molecule has 1 aromatic rings. The second-order valence-corrected chi connectivity index (χ2v) is 7.17. The molecule has 1 aliphatic rings. The van der Waals surface area contributed by atoms with Crippen LogP contribution in [0.4, 0.5) is 18.0 Å². The third kappa shape index (κ3) is 3.94. The van der Waals surface area contributed by atoms with E-state index < -0.39 is 23.4 Å². The van der Waals surface area contributed by atoms with Gasteiger partial charge >= 0.3 is 12.3 Å². The number of ether oxygens (including phenoxy) is 1. The SMILES string of the molecule is CC(C)(C)OC(=O)N1CC(c2ccc(Br)c(C(F)(F)F)c2)C1. The number of alkyl halides is 3. The lowest BCUT2D eigenvalue weighted by Crippen LogP contribution is -2.50. The summed E-state index contributed by atoms with van der Waals surface area (Å²) in [6.45, 7) is 6.05. The van der Waals surface area contributed by atoms with Crippen molar-refractivity contribution in [1.82, 2.24) is 4.90 Å². The number of nitrogens with zero attached hydrogens (tertiary/aromatic N) is 1. The average Bonchev–Trinajstić information content (AvgIpc) is 2.25. The van der Waals surface area contributed by atoms with Crippen molar-refractivity contribution in [3.63, 3.8) is 0 Å². The van der Waals surface area contributed by atoms with Crippen LogP contribution in [0.2, 0.25) is 0 Å². The molecule has 2 rings (SSSR count). The highest BCUT2D eigenvalue weighted by atomic mass is 79.9. The quantitative estimate of drug-likeness (QED) is 0.701. The zero-order valence-corrected chi connectivity index (χ0v) is 14.1. The number of rotatable bonds is 1. The number of halogens is 4. The van der Waals surface area contributed by atoms with Crippen LogP contribution < -0.4 is 0 Å². The molecular weight excluding hydrogens is 363 g/mol. The molecule has 0 saturated carbocycles. The van der Waals surface area contributed by atoms with E-state index in [1.165, 1.54) is 11.0 Å². The summed E-state index contributed by atoms with van der Waals surface area (Å²) in [5.41, 5.74) is -0.695. The Morgan fingerprint density at radius 2 is 1.86 bits per heavy atom. The van der Waals surface area contributed by atoms with Gasteiger partial charge < -0.3 is 9.64 Å². The van der Waals surface area contributed by atoms with Crippen LogP contribution in [0.5, 0.6) is 0 Å². The number of likely N-dealkylation sites (tertiary alicyclic amines) is 1. The van der Waals surface area contributed by atoms with Gasteiger partial charge in [0.15, 0.2) is 0 Å². The highest BCUT2D eigenvalue weighted by Gasteiger charge is 2.37. The van der Waals surface area contributed by atoms with Crippen LogP contribution in [0.15, 0.2) is 22.7 Å². The van der Waals surface area contributed by atoms with Crippen molar-refractivity contribution in [3.05, 3.63) is 33.8 Å². The van der Waals surface area contributed by atoms with Gasteiger partial charge in [-0.25, -0.2) is 4.79 Å². The molecule has 1 aliphatic heterocycles. The normalized spacial score (nSPS) is 16.4. The van der Waals surface area contributed by atoms with Gasteiger partial charge in [0.05, 0.1) is 5.56 Å².